The first-order valence-corrected chi connectivity index (χ1v) is 8.33. The lowest BCUT2D eigenvalue weighted by molar-refractivity contribution is 0.0954. The van der Waals surface area contributed by atoms with Crippen LogP contribution in [0.25, 0.3) is 10.9 Å². The largest absolute Gasteiger partial charge is 0.497 e. The van der Waals surface area contributed by atoms with Gasteiger partial charge in [-0.1, -0.05) is 35.6 Å². The van der Waals surface area contributed by atoms with E-state index >= 15 is 0 Å². The van der Waals surface area contributed by atoms with Crippen molar-refractivity contribution in [1.29, 1.82) is 0 Å². The minimum absolute atomic E-state index is 0.200. The van der Waals surface area contributed by atoms with Gasteiger partial charge >= 0.3 is 0 Å². The topological polar surface area (TPSA) is 63.4 Å². The van der Waals surface area contributed by atoms with E-state index < -0.39 is 0 Å². The fourth-order valence-corrected chi connectivity index (χ4v) is 2.55. The molecule has 1 heterocycles. The van der Waals surface area contributed by atoms with E-state index in [9.17, 15) is 4.79 Å². The Balaban J connectivity index is 1.51. The third-order valence-electron chi connectivity index (χ3n) is 3.67. The van der Waals surface area contributed by atoms with Gasteiger partial charge in [-0.25, -0.2) is 0 Å². The molecule has 0 aliphatic rings. The number of nitrogens with one attached hydrogen (secondary N) is 2. The Morgan fingerprint density at radius 3 is 2.85 bits per heavy atom. The molecule has 6 heteroatoms. The fraction of sp³-hybridized carbons (Fsp3) is 0.150. The summed E-state index contributed by atoms with van der Waals surface area (Å²) in [5, 5.41) is 4.22. The van der Waals surface area contributed by atoms with E-state index in [2.05, 4.69) is 22.1 Å². The first-order valence-electron chi connectivity index (χ1n) is 7.95. The van der Waals surface area contributed by atoms with Gasteiger partial charge in [0, 0.05) is 17.0 Å². The van der Waals surface area contributed by atoms with Crippen molar-refractivity contribution >= 4 is 28.4 Å². The highest BCUT2D eigenvalue weighted by molar-refractivity contribution is 6.32. The van der Waals surface area contributed by atoms with Crippen LogP contribution in [-0.4, -0.2) is 31.2 Å². The molecule has 1 aromatic heterocycles. The molecule has 2 aromatic carbocycles. The molecule has 1 amide bonds. The number of fused-ring (bicyclic) bond motifs is 1. The van der Waals surface area contributed by atoms with Gasteiger partial charge in [0.25, 0.3) is 5.91 Å². The molecule has 0 aliphatic carbocycles. The first-order chi connectivity index (χ1) is 12.7. The lowest BCUT2D eigenvalue weighted by Gasteiger charge is -2.03. The Bertz CT molecular complexity index is 985. The number of para-hydroxylation sites is 1. The molecule has 0 atom stereocenters. The standard InChI is InChI=1S/C20H17ClN2O3/c1-25-15-9-8-14-12-18(23-17(14)13-15)20(24)22-10-4-5-11-26-19-7-3-2-6-16(19)21/h2-3,6-9,12-13,23H,10-11H2,1H3,(H,22,24). The third kappa shape index (κ3) is 4.29. The maximum Gasteiger partial charge on any atom is 0.268 e. The second-order valence-electron chi connectivity index (χ2n) is 5.39. The summed E-state index contributed by atoms with van der Waals surface area (Å²) >= 11 is 5.98. The number of carbonyl (C=O) groups excluding carboxylic acids is 1. The first kappa shape index (κ1) is 17.7. The number of amides is 1. The molecule has 0 bridgehead atoms. The summed E-state index contributed by atoms with van der Waals surface area (Å²) in [7, 11) is 1.60. The maximum absolute atomic E-state index is 12.2. The summed E-state index contributed by atoms with van der Waals surface area (Å²) in [5.41, 5.74) is 1.32. The van der Waals surface area contributed by atoms with Crippen molar-refractivity contribution < 1.29 is 14.3 Å². The van der Waals surface area contributed by atoms with Crippen molar-refractivity contribution in [2.75, 3.05) is 20.3 Å². The zero-order chi connectivity index (χ0) is 18.4. The fourth-order valence-electron chi connectivity index (χ4n) is 2.36. The van der Waals surface area contributed by atoms with Gasteiger partial charge in [-0.15, -0.1) is 0 Å². The Morgan fingerprint density at radius 1 is 1.19 bits per heavy atom. The highest BCUT2D eigenvalue weighted by Gasteiger charge is 2.09. The average molecular weight is 369 g/mol. The molecule has 0 spiro atoms. The summed E-state index contributed by atoms with van der Waals surface area (Å²) in [6, 6.07) is 14.6. The molecule has 2 N–H and O–H groups in total. The molecule has 3 rings (SSSR count). The number of methoxy groups -OCH3 is 1. The zero-order valence-corrected chi connectivity index (χ0v) is 14.9. The highest BCUT2D eigenvalue weighted by atomic mass is 35.5. The minimum atomic E-state index is -0.221. The summed E-state index contributed by atoms with van der Waals surface area (Å²) in [4.78, 5) is 15.2. The number of hydrogen-bond acceptors (Lipinski definition) is 3. The number of H-pyrrole nitrogens is 1. The predicted octanol–water partition coefficient (Wildman–Crippen LogP) is 3.64. The molecular formula is C20H17ClN2O3. The molecule has 0 fully saturated rings. The number of benzene rings is 2. The van der Waals surface area contributed by atoms with Crippen molar-refractivity contribution in [1.82, 2.24) is 10.3 Å². The molecule has 3 aromatic rings. The summed E-state index contributed by atoms with van der Waals surface area (Å²) in [6.07, 6.45) is 0. The van der Waals surface area contributed by atoms with Crippen molar-refractivity contribution in [3.8, 4) is 23.3 Å². The Morgan fingerprint density at radius 2 is 2.04 bits per heavy atom. The van der Waals surface area contributed by atoms with Crippen LogP contribution in [0.4, 0.5) is 0 Å². The van der Waals surface area contributed by atoms with Crippen molar-refractivity contribution in [3.05, 3.63) is 59.2 Å². The second kappa shape index (κ2) is 8.32. The third-order valence-corrected chi connectivity index (χ3v) is 3.99. The predicted molar refractivity (Wildman–Crippen MR) is 102 cm³/mol. The van der Waals surface area contributed by atoms with Gasteiger partial charge in [0.05, 0.1) is 18.7 Å². The van der Waals surface area contributed by atoms with Gasteiger partial charge in [-0.2, -0.15) is 0 Å². The molecule has 0 saturated heterocycles. The minimum Gasteiger partial charge on any atom is -0.497 e. The van der Waals surface area contributed by atoms with Crippen LogP contribution in [0.1, 0.15) is 10.5 Å². The Kier molecular flexibility index (Phi) is 5.67. The number of aromatic amines is 1. The SMILES string of the molecule is COc1ccc2cc(C(=O)NCC#CCOc3ccccc3Cl)[nH]c2c1. The van der Waals surface area contributed by atoms with E-state index in [4.69, 9.17) is 21.1 Å². The number of aromatic nitrogens is 1. The number of halogens is 1. The van der Waals surface area contributed by atoms with Gasteiger partial charge in [0.2, 0.25) is 0 Å². The van der Waals surface area contributed by atoms with E-state index in [0.29, 0.717) is 16.5 Å². The van der Waals surface area contributed by atoms with Gasteiger partial charge < -0.3 is 19.8 Å². The van der Waals surface area contributed by atoms with E-state index in [-0.39, 0.29) is 19.1 Å². The van der Waals surface area contributed by atoms with Gasteiger partial charge in [0.15, 0.2) is 0 Å². The summed E-state index contributed by atoms with van der Waals surface area (Å²) in [5.74, 6) is 6.78. The number of ether oxygens (including phenoxy) is 2. The quantitative estimate of drug-likeness (QED) is 0.676. The van der Waals surface area contributed by atoms with Crippen LogP contribution >= 0.6 is 11.6 Å². The van der Waals surface area contributed by atoms with E-state index in [0.717, 1.165) is 16.7 Å². The molecule has 132 valence electrons. The van der Waals surface area contributed by atoms with Gasteiger partial charge in [0.1, 0.15) is 23.8 Å². The normalized spacial score (nSPS) is 10.1. The van der Waals surface area contributed by atoms with Crippen LogP contribution in [0.2, 0.25) is 5.02 Å². The smallest absolute Gasteiger partial charge is 0.268 e. The number of hydrogen-bond donors (Lipinski definition) is 2. The van der Waals surface area contributed by atoms with Crippen LogP contribution in [0.3, 0.4) is 0 Å². The molecule has 0 saturated carbocycles. The van der Waals surface area contributed by atoms with Crippen LogP contribution in [0.15, 0.2) is 48.5 Å². The summed E-state index contributed by atoms with van der Waals surface area (Å²) < 4.78 is 10.6. The van der Waals surface area contributed by atoms with Gasteiger partial charge in [-0.05, 0) is 30.3 Å². The van der Waals surface area contributed by atoms with Crippen LogP contribution < -0.4 is 14.8 Å². The van der Waals surface area contributed by atoms with E-state index in [1.54, 1.807) is 25.3 Å². The molecule has 0 unspecified atom stereocenters. The molecular weight excluding hydrogens is 352 g/mol. The van der Waals surface area contributed by atoms with Crippen molar-refractivity contribution in [3.63, 3.8) is 0 Å². The van der Waals surface area contributed by atoms with Crippen molar-refractivity contribution in [2.24, 2.45) is 0 Å². The van der Waals surface area contributed by atoms with Crippen LogP contribution in [-0.2, 0) is 0 Å². The highest BCUT2D eigenvalue weighted by Crippen LogP contribution is 2.23. The Hall–Kier alpha value is -3.10. The molecule has 26 heavy (non-hydrogen) atoms. The average Bonchev–Trinajstić information content (AvgIpc) is 3.09. The number of carbonyl (C=O) groups is 1. The van der Waals surface area contributed by atoms with E-state index in [1.807, 2.05) is 30.3 Å². The van der Waals surface area contributed by atoms with Crippen molar-refractivity contribution in [2.45, 2.75) is 0 Å². The van der Waals surface area contributed by atoms with Crippen LogP contribution in [0.5, 0.6) is 11.5 Å². The molecule has 5 nitrogen and oxygen atoms in total. The lowest BCUT2D eigenvalue weighted by atomic mass is 10.2. The lowest BCUT2D eigenvalue weighted by Crippen LogP contribution is -2.23. The summed E-state index contributed by atoms with van der Waals surface area (Å²) in [6.45, 7) is 0.426. The number of rotatable bonds is 5. The van der Waals surface area contributed by atoms with Crippen LogP contribution in [0, 0.1) is 11.8 Å². The monoisotopic (exact) mass is 368 g/mol. The Labute approximate surface area is 156 Å². The zero-order valence-electron chi connectivity index (χ0n) is 14.1. The van der Waals surface area contributed by atoms with Gasteiger partial charge in [-0.3, -0.25) is 4.79 Å². The second-order valence-corrected chi connectivity index (χ2v) is 5.80. The van der Waals surface area contributed by atoms with E-state index in [1.165, 1.54) is 0 Å². The molecule has 0 aliphatic heterocycles. The maximum atomic E-state index is 12.2. The molecule has 0 radical (unpaired) electrons.